The van der Waals surface area contributed by atoms with Gasteiger partial charge in [-0.1, -0.05) is 91.0 Å². The van der Waals surface area contributed by atoms with Gasteiger partial charge in [0.2, 0.25) is 0 Å². The molecule has 3 rings (SSSR count). The fourth-order valence-corrected chi connectivity index (χ4v) is 7.75. The van der Waals surface area contributed by atoms with E-state index in [1.165, 1.54) is 15.6 Å². The maximum Gasteiger partial charge on any atom is 0.150 e. The number of hydrogen-bond acceptors (Lipinski definition) is 1. The molecule has 0 aliphatic carbocycles. The predicted molar refractivity (Wildman–Crippen MR) is 95.9 cm³/mol. The van der Waals surface area contributed by atoms with Crippen LogP contribution in [0.25, 0.3) is 0 Å². The van der Waals surface area contributed by atoms with Gasteiger partial charge in [0, 0.05) is 6.61 Å². The topological polar surface area (TPSA) is 20.2 Å². The van der Waals surface area contributed by atoms with E-state index in [1.807, 2.05) is 0 Å². The highest BCUT2D eigenvalue weighted by Crippen LogP contribution is 2.12. The lowest BCUT2D eigenvalue weighted by atomic mass is 10.3. The minimum Gasteiger partial charge on any atom is -0.397 e. The Kier molecular flexibility index (Phi) is 4.52. The number of hydrogen-bond donors (Lipinski definition) is 1. The highest BCUT2D eigenvalue weighted by molar-refractivity contribution is 7.11. The summed E-state index contributed by atoms with van der Waals surface area (Å²) < 4.78 is 0. The van der Waals surface area contributed by atoms with Crippen molar-refractivity contribution in [1.82, 2.24) is 0 Å². The van der Waals surface area contributed by atoms with Crippen LogP contribution in [-0.2, 0) is 0 Å². The van der Waals surface area contributed by atoms with Gasteiger partial charge in [0.1, 0.15) is 0 Å². The molecule has 0 heterocycles. The van der Waals surface area contributed by atoms with E-state index in [-0.39, 0.29) is 6.61 Å². The largest absolute Gasteiger partial charge is 0.397 e. The summed E-state index contributed by atoms with van der Waals surface area (Å²) in [5.41, 5.74) is 0. The average Bonchev–Trinajstić information content (AvgIpc) is 2.62. The second-order valence-corrected chi connectivity index (χ2v) is 9.52. The quantitative estimate of drug-likeness (QED) is 0.566. The molecular weight excluding hydrogens is 284 g/mol. The van der Waals surface area contributed by atoms with Crippen LogP contribution in [0.1, 0.15) is 0 Å². The lowest BCUT2D eigenvalue weighted by Crippen LogP contribution is -2.67. The Balaban J connectivity index is 2.29. The number of aliphatic hydroxyl groups is 1. The number of aliphatic hydroxyl groups excluding tert-OH is 1. The SMILES string of the molecule is OCC[Si](c1ccccc1)(c1ccccc1)c1ccccc1. The third-order valence-electron chi connectivity index (χ3n) is 4.29. The smallest absolute Gasteiger partial charge is 0.150 e. The maximum atomic E-state index is 9.82. The molecule has 0 unspecified atom stereocenters. The van der Waals surface area contributed by atoms with Gasteiger partial charge in [-0.25, -0.2) is 0 Å². The van der Waals surface area contributed by atoms with Crippen LogP contribution in [0.4, 0.5) is 0 Å². The molecule has 110 valence electrons. The molecule has 0 aliphatic heterocycles. The highest BCUT2D eigenvalue weighted by Gasteiger charge is 2.38. The molecule has 0 amide bonds. The minimum atomic E-state index is -2.17. The number of benzene rings is 3. The summed E-state index contributed by atoms with van der Waals surface area (Å²) in [4.78, 5) is 0. The van der Waals surface area contributed by atoms with Crippen LogP contribution < -0.4 is 15.6 Å². The Morgan fingerprint density at radius 2 is 0.864 bits per heavy atom. The first kappa shape index (κ1) is 14.8. The van der Waals surface area contributed by atoms with E-state index in [0.717, 1.165) is 6.04 Å². The molecule has 22 heavy (non-hydrogen) atoms. The van der Waals surface area contributed by atoms with Gasteiger partial charge in [-0.05, 0) is 21.6 Å². The van der Waals surface area contributed by atoms with Crippen LogP contribution in [-0.4, -0.2) is 19.8 Å². The molecule has 0 fully saturated rings. The average molecular weight is 304 g/mol. The first-order chi connectivity index (χ1) is 10.9. The van der Waals surface area contributed by atoms with E-state index >= 15 is 0 Å². The van der Waals surface area contributed by atoms with Crippen molar-refractivity contribution >= 4 is 23.6 Å². The molecule has 3 aromatic carbocycles. The normalized spacial score (nSPS) is 11.3. The molecule has 0 radical (unpaired) electrons. The molecule has 0 aromatic heterocycles. The van der Waals surface area contributed by atoms with Crippen molar-refractivity contribution in [3.8, 4) is 0 Å². The van der Waals surface area contributed by atoms with Crippen LogP contribution in [0.3, 0.4) is 0 Å². The molecular formula is C20H20OSi. The molecule has 0 saturated heterocycles. The standard InChI is InChI=1S/C20H20OSi/c21-16-17-22(18-10-4-1-5-11-18,19-12-6-2-7-13-19)20-14-8-3-9-15-20/h1-15,21H,16-17H2. The van der Waals surface area contributed by atoms with Gasteiger partial charge in [-0.3, -0.25) is 0 Å². The van der Waals surface area contributed by atoms with Crippen molar-refractivity contribution in [3.05, 3.63) is 91.0 Å². The first-order valence-corrected chi connectivity index (χ1v) is 9.86. The van der Waals surface area contributed by atoms with Gasteiger partial charge in [0.15, 0.2) is 8.07 Å². The summed E-state index contributed by atoms with van der Waals surface area (Å²) in [5, 5.41) is 13.9. The summed E-state index contributed by atoms with van der Waals surface area (Å²) in [7, 11) is -2.17. The van der Waals surface area contributed by atoms with E-state index in [2.05, 4.69) is 91.0 Å². The molecule has 1 nitrogen and oxygen atoms in total. The Hall–Kier alpha value is -2.16. The Morgan fingerprint density at radius 1 is 0.545 bits per heavy atom. The molecule has 0 saturated carbocycles. The molecule has 1 N–H and O–H groups in total. The van der Waals surface area contributed by atoms with Gasteiger partial charge < -0.3 is 5.11 Å². The second kappa shape index (κ2) is 6.73. The monoisotopic (exact) mass is 304 g/mol. The Labute approximate surface area is 132 Å². The predicted octanol–water partition coefficient (Wildman–Crippen LogP) is 2.15. The van der Waals surface area contributed by atoms with Crippen LogP contribution in [0.5, 0.6) is 0 Å². The van der Waals surface area contributed by atoms with Crippen molar-refractivity contribution in [3.63, 3.8) is 0 Å². The zero-order valence-electron chi connectivity index (χ0n) is 12.5. The van der Waals surface area contributed by atoms with E-state index in [1.54, 1.807) is 0 Å². The summed E-state index contributed by atoms with van der Waals surface area (Å²) in [6.07, 6.45) is 0. The van der Waals surface area contributed by atoms with Crippen LogP contribution in [0, 0.1) is 0 Å². The summed E-state index contributed by atoms with van der Waals surface area (Å²) in [6, 6.07) is 32.8. The fraction of sp³-hybridized carbons (Fsp3) is 0.100. The van der Waals surface area contributed by atoms with Crippen molar-refractivity contribution in [2.24, 2.45) is 0 Å². The third-order valence-corrected chi connectivity index (χ3v) is 9.22. The van der Waals surface area contributed by atoms with Crippen molar-refractivity contribution in [2.75, 3.05) is 6.61 Å². The lowest BCUT2D eigenvalue weighted by Gasteiger charge is -2.33. The first-order valence-electron chi connectivity index (χ1n) is 7.65. The van der Waals surface area contributed by atoms with Gasteiger partial charge in [0.05, 0.1) is 0 Å². The van der Waals surface area contributed by atoms with Gasteiger partial charge in [-0.15, -0.1) is 0 Å². The Morgan fingerprint density at radius 3 is 1.14 bits per heavy atom. The lowest BCUT2D eigenvalue weighted by molar-refractivity contribution is 0.317. The van der Waals surface area contributed by atoms with Gasteiger partial charge in [-0.2, -0.15) is 0 Å². The minimum absolute atomic E-state index is 0.199. The van der Waals surface area contributed by atoms with E-state index in [9.17, 15) is 5.11 Å². The number of rotatable bonds is 5. The van der Waals surface area contributed by atoms with Crippen LogP contribution in [0.2, 0.25) is 6.04 Å². The van der Waals surface area contributed by atoms with Gasteiger partial charge >= 0.3 is 0 Å². The van der Waals surface area contributed by atoms with Crippen molar-refractivity contribution in [1.29, 1.82) is 0 Å². The fourth-order valence-electron chi connectivity index (χ4n) is 3.27. The van der Waals surface area contributed by atoms with E-state index in [4.69, 9.17) is 0 Å². The van der Waals surface area contributed by atoms with Crippen LogP contribution >= 0.6 is 0 Å². The summed E-state index contributed by atoms with van der Waals surface area (Å²) in [6.45, 7) is 0.199. The van der Waals surface area contributed by atoms with E-state index < -0.39 is 8.07 Å². The van der Waals surface area contributed by atoms with Crippen molar-refractivity contribution < 1.29 is 5.11 Å². The second-order valence-electron chi connectivity index (χ2n) is 5.48. The molecule has 0 spiro atoms. The Bertz CT molecular complexity index is 599. The molecule has 3 aromatic rings. The highest BCUT2D eigenvalue weighted by atomic mass is 28.3. The third kappa shape index (κ3) is 2.63. The summed E-state index contributed by atoms with van der Waals surface area (Å²) >= 11 is 0. The van der Waals surface area contributed by atoms with Crippen LogP contribution in [0.15, 0.2) is 91.0 Å². The molecule has 0 bridgehead atoms. The van der Waals surface area contributed by atoms with E-state index in [0.29, 0.717) is 0 Å². The molecule has 0 atom stereocenters. The maximum absolute atomic E-state index is 9.82. The molecule has 2 heteroatoms. The summed E-state index contributed by atoms with van der Waals surface area (Å²) in [5.74, 6) is 0. The van der Waals surface area contributed by atoms with Crippen molar-refractivity contribution in [2.45, 2.75) is 6.04 Å². The molecule has 0 aliphatic rings. The zero-order chi connectivity index (χ0) is 15.3. The van der Waals surface area contributed by atoms with Gasteiger partial charge in [0.25, 0.3) is 0 Å². The zero-order valence-corrected chi connectivity index (χ0v) is 13.5.